The summed E-state index contributed by atoms with van der Waals surface area (Å²) in [4.78, 5) is 13.1. The summed E-state index contributed by atoms with van der Waals surface area (Å²) < 4.78 is 5.64. The maximum Gasteiger partial charge on any atom is 0.354 e. The average Bonchev–Trinajstić information content (AvgIpc) is 2.77. The van der Waals surface area contributed by atoms with Gasteiger partial charge in [-0.15, -0.1) is 0 Å². The molecule has 0 atom stereocenters. The summed E-state index contributed by atoms with van der Waals surface area (Å²) in [7, 11) is 0. The van der Waals surface area contributed by atoms with Crippen molar-refractivity contribution in [2.45, 2.75) is 46.5 Å². The number of nitriles is 1. The molecule has 0 unspecified atom stereocenters. The highest BCUT2D eigenvalue weighted by Crippen LogP contribution is 2.37. The third-order valence-corrected chi connectivity index (χ3v) is 5.51. The van der Waals surface area contributed by atoms with Gasteiger partial charge >= 0.3 is 5.97 Å². The third-order valence-electron chi connectivity index (χ3n) is 5.51. The largest absolute Gasteiger partial charge is 0.422 e. The van der Waals surface area contributed by atoms with Crippen molar-refractivity contribution in [2.24, 2.45) is 5.41 Å². The van der Waals surface area contributed by atoms with E-state index in [9.17, 15) is 10.1 Å². The molecule has 0 spiro atoms. The van der Waals surface area contributed by atoms with Crippen LogP contribution in [0.4, 0.5) is 0 Å². The van der Waals surface area contributed by atoms with Crippen LogP contribution < -0.4 is 4.74 Å². The molecule has 0 saturated heterocycles. The van der Waals surface area contributed by atoms with Crippen LogP contribution in [0.15, 0.2) is 90.5 Å². The molecule has 0 heterocycles. The fraction of sp³-hybridized carbons (Fsp3) is 0.267. The van der Waals surface area contributed by atoms with Gasteiger partial charge in [-0.2, -0.15) is 5.26 Å². The number of rotatable bonds is 6. The van der Waals surface area contributed by atoms with Crippen molar-refractivity contribution in [3.05, 3.63) is 107 Å². The Morgan fingerprint density at radius 1 is 0.788 bits per heavy atom. The lowest BCUT2D eigenvalue weighted by molar-refractivity contribution is -0.129. The minimum atomic E-state index is -0.665. The molecule has 0 saturated carbocycles. The van der Waals surface area contributed by atoms with E-state index in [4.69, 9.17) is 4.74 Å². The summed E-state index contributed by atoms with van der Waals surface area (Å²) in [6.07, 6.45) is 1.03. The lowest BCUT2D eigenvalue weighted by Gasteiger charge is -2.33. The molecule has 3 rings (SSSR count). The molecule has 0 aliphatic carbocycles. The summed E-state index contributed by atoms with van der Waals surface area (Å²) in [5.74, 6) is -0.245. The molecule has 3 heteroatoms. The van der Waals surface area contributed by atoms with Gasteiger partial charge in [0.15, 0.2) is 0 Å². The Morgan fingerprint density at radius 3 is 1.70 bits per heavy atom. The monoisotopic (exact) mass is 437 g/mol. The molecular weight excluding hydrogens is 406 g/mol. The van der Waals surface area contributed by atoms with Crippen LogP contribution in [-0.4, -0.2) is 5.97 Å². The molecule has 0 radical (unpaired) electrons. The van der Waals surface area contributed by atoms with Crippen LogP contribution in [0.25, 0.3) is 5.57 Å². The zero-order chi connectivity index (χ0) is 24.1. The molecule has 3 nitrogen and oxygen atoms in total. The molecule has 0 fully saturated rings. The Labute approximate surface area is 197 Å². The topological polar surface area (TPSA) is 50.1 Å². The van der Waals surface area contributed by atoms with Crippen LogP contribution >= 0.6 is 0 Å². The molecule has 0 aliphatic rings. The fourth-order valence-corrected chi connectivity index (χ4v) is 4.43. The smallest absolute Gasteiger partial charge is 0.354 e. The molecule has 0 amide bonds. The number of carbonyl (C=O) groups excluding carboxylic acids is 1. The molecule has 0 aliphatic heterocycles. The predicted molar refractivity (Wildman–Crippen MR) is 134 cm³/mol. The summed E-state index contributed by atoms with van der Waals surface area (Å²) in [5.41, 5.74) is 3.49. The number of ether oxygens (including phenoxy) is 1. The van der Waals surface area contributed by atoms with Crippen LogP contribution in [-0.2, 0) is 10.2 Å². The van der Waals surface area contributed by atoms with Crippen molar-refractivity contribution in [3.8, 4) is 11.8 Å². The molecule has 3 aromatic rings. The van der Waals surface area contributed by atoms with E-state index in [2.05, 4.69) is 40.7 Å². The second-order valence-corrected chi connectivity index (χ2v) is 10.1. The van der Waals surface area contributed by atoms with Gasteiger partial charge in [0.25, 0.3) is 0 Å². The SMILES string of the molecule is CC(C)(C)CC(C)(C)c1ccc(OC(=O)C(C#N)=C(c2ccccc2)c2ccccc2)cc1. The van der Waals surface area contributed by atoms with Gasteiger partial charge in [0.1, 0.15) is 17.4 Å². The van der Waals surface area contributed by atoms with E-state index in [0.717, 1.165) is 17.5 Å². The lowest BCUT2D eigenvalue weighted by Crippen LogP contribution is -2.24. The van der Waals surface area contributed by atoms with Crippen molar-refractivity contribution < 1.29 is 9.53 Å². The van der Waals surface area contributed by atoms with E-state index < -0.39 is 5.97 Å². The van der Waals surface area contributed by atoms with Crippen LogP contribution in [0.1, 0.15) is 57.7 Å². The van der Waals surface area contributed by atoms with Crippen LogP contribution in [0.2, 0.25) is 0 Å². The van der Waals surface area contributed by atoms with Crippen molar-refractivity contribution >= 4 is 11.5 Å². The van der Waals surface area contributed by atoms with E-state index in [-0.39, 0.29) is 16.4 Å². The minimum absolute atomic E-state index is 0.00764. The number of hydrogen-bond donors (Lipinski definition) is 0. The molecule has 0 N–H and O–H groups in total. The Hall–Kier alpha value is -3.64. The molecule has 33 heavy (non-hydrogen) atoms. The Bertz CT molecular complexity index is 1120. The van der Waals surface area contributed by atoms with Crippen molar-refractivity contribution in [1.82, 2.24) is 0 Å². The maximum atomic E-state index is 13.1. The zero-order valence-electron chi connectivity index (χ0n) is 20.1. The number of esters is 1. The van der Waals surface area contributed by atoms with Gasteiger partial charge in [0.2, 0.25) is 0 Å². The van der Waals surface area contributed by atoms with Crippen molar-refractivity contribution in [3.63, 3.8) is 0 Å². The van der Waals surface area contributed by atoms with Gasteiger partial charge in [-0.05, 0) is 46.1 Å². The Balaban J connectivity index is 1.93. The molecule has 0 aromatic heterocycles. The van der Waals surface area contributed by atoms with Crippen LogP contribution in [0.3, 0.4) is 0 Å². The zero-order valence-corrected chi connectivity index (χ0v) is 20.1. The highest BCUT2D eigenvalue weighted by Gasteiger charge is 2.27. The standard InChI is InChI=1S/C30H31NO2/c1-29(2,3)21-30(4,5)24-16-18-25(19-17-24)33-28(32)26(20-31)27(22-12-8-6-9-13-22)23-14-10-7-11-15-23/h6-19H,21H2,1-5H3. The van der Waals surface area contributed by atoms with Gasteiger partial charge in [0.05, 0.1) is 0 Å². The average molecular weight is 438 g/mol. The predicted octanol–water partition coefficient (Wildman–Crippen LogP) is 7.33. The molecule has 3 aromatic carbocycles. The fourth-order valence-electron chi connectivity index (χ4n) is 4.43. The van der Waals surface area contributed by atoms with Crippen LogP contribution in [0, 0.1) is 16.7 Å². The first-order chi connectivity index (χ1) is 15.6. The summed E-state index contributed by atoms with van der Waals surface area (Å²) in [6, 6.07) is 28.6. The first-order valence-electron chi connectivity index (χ1n) is 11.2. The lowest BCUT2D eigenvalue weighted by atomic mass is 9.72. The van der Waals surface area contributed by atoms with Gasteiger partial charge in [-0.3, -0.25) is 0 Å². The van der Waals surface area contributed by atoms with Gasteiger partial charge in [-0.1, -0.05) is 107 Å². The molecular formula is C30H31NO2. The minimum Gasteiger partial charge on any atom is -0.422 e. The normalized spacial score (nSPS) is 11.4. The maximum absolute atomic E-state index is 13.1. The number of benzene rings is 3. The Morgan fingerprint density at radius 2 is 1.27 bits per heavy atom. The third kappa shape index (κ3) is 6.20. The van der Waals surface area contributed by atoms with Crippen molar-refractivity contribution in [1.29, 1.82) is 5.26 Å². The van der Waals surface area contributed by atoms with E-state index in [1.807, 2.05) is 72.8 Å². The summed E-state index contributed by atoms with van der Waals surface area (Å²) >= 11 is 0. The first kappa shape index (κ1) is 24.0. The second kappa shape index (κ2) is 9.88. The number of carbonyl (C=O) groups is 1. The van der Waals surface area contributed by atoms with Crippen LogP contribution in [0.5, 0.6) is 5.75 Å². The highest BCUT2D eigenvalue weighted by atomic mass is 16.5. The van der Waals surface area contributed by atoms with Gasteiger partial charge in [-0.25, -0.2) is 4.79 Å². The van der Waals surface area contributed by atoms with Crippen molar-refractivity contribution in [2.75, 3.05) is 0 Å². The van der Waals surface area contributed by atoms with E-state index >= 15 is 0 Å². The van der Waals surface area contributed by atoms with E-state index in [1.54, 1.807) is 12.1 Å². The Kier molecular flexibility index (Phi) is 7.19. The highest BCUT2D eigenvalue weighted by molar-refractivity contribution is 6.06. The van der Waals surface area contributed by atoms with Gasteiger partial charge in [0, 0.05) is 5.57 Å². The number of hydrogen-bond acceptors (Lipinski definition) is 3. The first-order valence-corrected chi connectivity index (χ1v) is 11.2. The van der Waals surface area contributed by atoms with E-state index in [0.29, 0.717) is 11.3 Å². The second-order valence-electron chi connectivity index (χ2n) is 10.1. The molecule has 0 bridgehead atoms. The van der Waals surface area contributed by atoms with E-state index in [1.165, 1.54) is 5.56 Å². The van der Waals surface area contributed by atoms with Gasteiger partial charge < -0.3 is 4.74 Å². The molecule has 168 valence electrons. The summed E-state index contributed by atoms with van der Waals surface area (Å²) in [6.45, 7) is 11.1. The quantitative estimate of drug-likeness (QED) is 0.175. The summed E-state index contributed by atoms with van der Waals surface area (Å²) in [5, 5.41) is 9.92. The number of nitrogens with zero attached hydrogens (tertiary/aromatic N) is 1.